The minimum atomic E-state index is -0.0335. The zero-order valence-electron chi connectivity index (χ0n) is 14.4. The van der Waals surface area contributed by atoms with E-state index in [0.29, 0.717) is 17.1 Å². The lowest BCUT2D eigenvalue weighted by atomic mass is 10.2. The number of hydrogen-bond acceptors (Lipinski definition) is 6. The molecular formula is C20H24N4O2. The Bertz CT molecular complexity index is 793. The van der Waals surface area contributed by atoms with Gasteiger partial charge in [0.15, 0.2) is 0 Å². The standard InChI is InChI=1S/C12H12N2.C8H12N2O2/c13-10-6-8-12(9-7-10)14-11-4-2-1-3-5-11;9-6-1-2-7(10)8(5-6)12-4-3-11/h1-9,14H,13H2;1-2,5,11H,3-4,9-10H2. The summed E-state index contributed by atoms with van der Waals surface area (Å²) in [4.78, 5) is 0. The number of nitrogens with one attached hydrogen (secondary N) is 1. The number of benzene rings is 3. The Morgan fingerprint density at radius 1 is 0.769 bits per heavy atom. The first kappa shape index (κ1) is 19.0. The lowest BCUT2D eigenvalue weighted by Gasteiger charge is -2.07. The molecule has 0 fully saturated rings. The van der Waals surface area contributed by atoms with Crippen LogP contribution in [0.2, 0.25) is 0 Å². The van der Waals surface area contributed by atoms with Crippen molar-refractivity contribution in [3.8, 4) is 5.75 Å². The minimum absolute atomic E-state index is 0.0335. The first-order valence-electron chi connectivity index (χ1n) is 8.15. The molecule has 0 heterocycles. The summed E-state index contributed by atoms with van der Waals surface area (Å²) in [5.41, 5.74) is 20.7. The lowest BCUT2D eigenvalue weighted by molar-refractivity contribution is 0.202. The third-order valence-corrected chi connectivity index (χ3v) is 3.36. The summed E-state index contributed by atoms with van der Waals surface area (Å²) >= 11 is 0. The maximum absolute atomic E-state index is 8.49. The van der Waals surface area contributed by atoms with Gasteiger partial charge in [-0.3, -0.25) is 0 Å². The van der Waals surface area contributed by atoms with Crippen LogP contribution in [-0.2, 0) is 0 Å². The van der Waals surface area contributed by atoms with Gasteiger partial charge in [0.1, 0.15) is 12.4 Å². The van der Waals surface area contributed by atoms with Gasteiger partial charge in [-0.05, 0) is 48.5 Å². The third-order valence-electron chi connectivity index (χ3n) is 3.36. The molecule has 3 aromatic rings. The molecule has 6 heteroatoms. The Hall–Kier alpha value is -3.38. The minimum Gasteiger partial charge on any atom is -0.489 e. The van der Waals surface area contributed by atoms with Crippen molar-refractivity contribution in [2.24, 2.45) is 0 Å². The molecular weight excluding hydrogens is 328 g/mol. The van der Waals surface area contributed by atoms with Gasteiger partial charge in [-0.25, -0.2) is 0 Å². The average Bonchev–Trinajstić information content (AvgIpc) is 2.66. The summed E-state index contributed by atoms with van der Waals surface area (Å²) in [6.45, 7) is 0.196. The molecule has 0 spiro atoms. The van der Waals surface area contributed by atoms with E-state index in [-0.39, 0.29) is 13.2 Å². The first-order valence-corrected chi connectivity index (χ1v) is 8.15. The highest BCUT2D eigenvalue weighted by atomic mass is 16.5. The van der Waals surface area contributed by atoms with Gasteiger partial charge in [0.25, 0.3) is 0 Å². The normalized spacial score (nSPS) is 9.73. The van der Waals surface area contributed by atoms with Crippen molar-refractivity contribution in [2.75, 3.05) is 35.7 Å². The van der Waals surface area contributed by atoms with Crippen molar-refractivity contribution >= 4 is 28.4 Å². The van der Waals surface area contributed by atoms with Crippen LogP contribution in [0.1, 0.15) is 0 Å². The van der Waals surface area contributed by atoms with E-state index >= 15 is 0 Å². The molecule has 3 rings (SSSR count). The summed E-state index contributed by atoms with van der Waals surface area (Å²) in [7, 11) is 0. The molecule has 0 aromatic heterocycles. The highest BCUT2D eigenvalue weighted by molar-refractivity contribution is 5.61. The van der Waals surface area contributed by atoms with Crippen molar-refractivity contribution in [3.63, 3.8) is 0 Å². The molecule has 0 unspecified atom stereocenters. The third kappa shape index (κ3) is 6.26. The second kappa shape index (κ2) is 9.80. The number of rotatable bonds is 5. The van der Waals surface area contributed by atoms with Crippen LogP contribution < -0.4 is 27.3 Å². The average molecular weight is 352 g/mol. The Balaban J connectivity index is 0.000000190. The maximum Gasteiger partial charge on any atom is 0.144 e. The molecule has 3 aromatic carbocycles. The molecule has 0 amide bonds. The first-order chi connectivity index (χ1) is 12.6. The van der Waals surface area contributed by atoms with Crippen LogP contribution in [0.3, 0.4) is 0 Å². The Kier molecular flexibility index (Phi) is 7.15. The van der Waals surface area contributed by atoms with E-state index in [4.69, 9.17) is 27.0 Å². The fourth-order valence-corrected chi connectivity index (χ4v) is 2.09. The highest BCUT2D eigenvalue weighted by Crippen LogP contribution is 2.23. The summed E-state index contributed by atoms with van der Waals surface area (Å²) < 4.78 is 5.11. The number of hydrogen-bond donors (Lipinski definition) is 5. The number of nitrogen functional groups attached to an aromatic ring is 3. The molecule has 0 bridgehead atoms. The van der Waals surface area contributed by atoms with Gasteiger partial charge in [-0.2, -0.15) is 0 Å². The van der Waals surface area contributed by atoms with E-state index in [0.717, 1.165) is 17.1 Å². The summed E-state index contributed by atoms with van der Waals surface area (Å²) in [5, 5.41) is 11.8. The largest absolute Gasteiger partial charge is 0.489 e. The number of ether oxygens (including phenoxy) is 1. The number of anilines is 5. The molecule has 0 saturated carbocycles. The van der Waals surface area contributed by atoms with Crippen molar-refractivity contribution in [3.05, 3.63) is 72.8 Å². The van der Waals surface area contributed by atoms with Crippen LogP contribution in [0.15, 0.2) is 72.8 Å². The zero-order valence-corrected chi connectivity index (χ0v) is 14.4. The van der Waals surface area contributed by atoms with Crippen molar-refractivity contribution in [1.82, 2.24) is 0 Å². The molecule has 8 N–H and O–H groups in total. The van der Waals surface area contributed by atoms with E-state index in [1.807, 2.05) is 54.6 Å². The van der Waals surface area contributed by atoms with Gasteiger partial charge in [-0.15, -0.1) is 0 Å². The van der Waals surface area contributed by atoms with Gasteiger partial charge in [0, 0.05) is 28.8 Å². The van der Waals surface area contributed by atoms with Crippen LogP contribution in [0.5, 0.6) is 5.75 Å². The molecule has 0 saturated heterocycles. The molecule has 0 atom stereocenters. The second-order valence-corrected chi connectivity index (χ2v) is 5.48. The number of aliphatic hydroxyl groups excluding tert-OH is 1. The van der Waals surface area contributed by atoms with Crippen molar-refractivity contribution in [1.29, 1.82) is 0 Å². The summed E-state index contributed by atoms with van der Waals surface area (Å²) in [6, 6.07) is 22.7. The summed E-state index contributed by atoms with van der Waals surface area (Å²) in [5.74, 6) is 0.518. The summed E-state index contributed by atoms with van der Waals surface area (Å²) in [6.07, 6.45) is 0. The van der Waals surface area contributed by atoms with E-state index in [1.54, 1.807) is 18.2 Å². The molecule has 26 heavy (non-hydrogen) atoms. The SMILES string of the molecule is Nc1ccc(N)c(OCCO)c1.Nc1ccc(Nc2ccccc2)cc1. The number of para-hydroxylation sites is 1. The van der Waals surface area contributed by atoms with E-state index < -0.39 is 0 Å². The van der Waals surface area contributed by atoms with Crippen LogP contribution in [0.25, 0.3) is 0 Å². The fourth-order valence-electron chi connectivity index (χ4n) is 2.09. The van der Waals surface area contributed by atoms with Gasteiger partial charge in [-0.1, -0.05) is 18.2 Å². The number of nitrogens with two attached hydrogens (primary N) is 3. The Morgan fingerprint density at radius 2 is 1.38 bits per heavy atom. The van der Waals surface area contributed by atoms with Crippen LogP contribution in [0.4, 0.5) is 28.4 Å². The van der Waals surface area contributed by atoms with Gasteiger partial charge in [0.05, 0.1) is 12.3 Å². The van der Waals surface area contributed by atoms with Crippen LogP contribution in [0, 0.1) is 0 Å². The van der Waals surface area contributed by atoms with E-state index in [9.17, 15) is 0 Å². The van der Waals surface area contributed by atoms with Gasteiger partial charge in [0.2, 0.25) is 0 Å². The van der Waals surface area contributed by atoms with Gasteiger partial charge < -0.3 is 32.4 Å². The Morgan fingerprint density at radius 3 is 2.04 bits per heavy atom. The second-order valence-electron chi connectivity index (χ2n) is 5.48. The van der Waals surface area contributed by atoms with Crippen molar-refractivity contribution in [2.45, 2.75) is 0 Å². The van der Waals surface area contributed by atoms with E-state index in [1.165, 1.54) is 0 Å². The van der Waals surface area contributed by atoms with E-state index in [2.05, 4.69) is 5.32 Å². The molecule has 0 aliphatic rings. The predicted molar refractivity (Wildman–Crippen MR) is 108 cm³/mol. The molecule has 136 valence electrons. The van der Waals surface area contributed by atoms with Crippen LogP contribution >= 0.6 is 0 Å². The molecule has 0 radical (unpaired) electrons. The Labute approximate surface area is 153 Å². The topological polar surface area (TPSA) is 120 Å². The van der Waals surface area contributed by atoms with Crippen molar-refractivity contribution < 1.29 is 9.84 Å². The molecule has 0 aliphatic carbocycles. The molecule has 0 aliphatic heterocycles. The number of aliphatic hydroxyl groups is 1. The maximum atomic E-state index is 8.49. The smallest absolute Gasteiger partial charge is 0.144 e. The lowest BCUT2D eigenvalue weighted by Crippen LogP contribution is -2.04. The van der Waals surface area contributed by atoms with Gasteiger partial charge >= 0.3 is 0 Å². The molecule has 6 nitrogen and oxygen atoms in total. The monoisotopic (exact) mass is 352 g/mol. The predicted octanol–water partition coefficient (Wildman–Crippen LogP) is 3.23. The highest BCUT2D eigenvalue weighted by Gasteiger charge is 1.99. The zero-order chi connectivity index (χ0) is 18.8. The fraction of sp³-hybridized carbons (Fsp3) is 0.100. The quantitative estimate of drug-likeness (QED) is 0.450. The van der Waals surface area contributed by atoms with Crippen LogP contribution in [-0.4, -0.2) is 18.3 Å².